The molecule has 174 valence electrons. The summed E-state index contributed by atoms with van der Waals surface area (Å²) in [5, 5.41) is 9.77. The molecular weight excluding hydrogens is 439 g/mol. The van der Waals surface area contributed by atoms with Gasteiger partial charge in [0.1, 0.15) is 0 Å². The Balaban J connectivity index is 1.92. The Bertz CT molecular complexity index is 1190. The van der Waals surface area contributed by atoms with E-state index < -0.39 is 36.2 Å². The van der Waals surface area contributed by atoms with Crippen molar-refractivity contribution in [3.05, 3.63) is 71.9 Å². The fourth-order valence-electron chi connectivity index (χ4n) is 3.80. The third-order valence-corrected chi connectivity index (χ3v) is 5.45. The van der Waals surface area contributed by atoms with Gasteiger partial charge in [0.15, 0.2) is 5.69 Å². The van der Waals surface area contributed by atoms with Gasteiger partial charge in [0.25, 0.3) is 0 Å². The molecule has 3 atom stereocenters. The van der Waals surface area contributed by atoms with Gasteiger partial charge >= 0.3 is 12.1 Å². The Hall–Kier alpha value is -3.30. The summed E-state index contributed by atoms with van der Waals surface area (Å²) in [5.74, 6) is -0.868. The van der Waals surface area contributed by atoms with E-state index in [2.05, 4.69) is 0 Å². The van der Waals surface area contributed by atoms with E-state index in [4.69, 9.17) is 14.3 Å². The summed E-state index contributed by atoms with van der Waals surface area (Å²) in [6, 6.07) is 12.2. The van der Waals surface area contributed by atoms with Crippen molar-refractivity contribution in [3.63, 3.8) is 0 Å². The third kappa shape index (κ3) is 4.46. The molecule has 0 spiro atoms. The van der Waals surface area contributed by atoms with Crippen molar-refractivity contribution in [1.82, 2.24) is 4.73 Å². The van der Waals surface area contributed by atoms with Crippen LogP contribution < -0.4 is 4.84 Å². The molecule has 0 saturated carbocycles. The number of esters is 1. The van der Waals surface area contributed by atoms with E-state index in [9.17, 15) is 23.1 Å². The van der Waals surface area contributed by atoms with Gasteiger partial charge in [0, 0.05) is 5.39 Å². The van der Waals surface area contributed by atoms with Crippen LogP contribution in [0.4, 0.5) is 13.2 Å². The lowest BCUT2D eigenvalue weighted by molar-refractivity contribution is -0.171. The Kier molecular flexibility index (Phi) is 6.18. The highest BCUT2D eigenvalue weighted by molar-refractivity contribution is 5.98. The zero-order valence-electron chi connectivity index (χ0n) is 17.9. The summed E-state index contributed by atoms with van der Waals surface area (Å²) in [6.07, 6.45) is -3.70. The molecular formula is C24H22F3NO5. The van der Waals surface area contributed by atoms with Crippen molar-refractivity contribution < 1.29 is 37.4 Å². The standard InChI is InChI=1S/C24H22F3NO5/c1-3-21-20(29)9-10-22(32-21)33-28-18-12-15(14-7-5-4-6-8-14)11-17(24(25,26)27)16(18)13-19(28)23(30)31-2/h4-13,20-22,29H,3H2,1-2H3/t20-,21+,22+/m0/s1. The number of nitrogens with zero attached hydrogens (tertiary/aromatic N) is 1. The van der Waals surface area contributed by atoms with Crippen LogP contribution in [0.15, 0.2) is 60.7 Å². The van der Waals surface area contributed by atoms with Crippen LogP contribution in [-0.2, 0) is 15.7 Å². The van der Waals surface area contributed by atoms with Crippen molar-refractivity contribution in [1.29, 1.82) is 0 Å². The molecule has 1 aliphatic rings. The number of carbonyl (C=O) groups is 1. The number of ether oxygens (including phenoxy) is 2. The maximum Gasteiger partial charge on any atom is 0.417 e. The number of aliphatic hydroxyl groups is 1. The molecule has 2 heterocycles. The van der Waals surface area contributed by atoms with Crippen molar-refractivity contribution in [2.45, 2.75) is 38.0 Å². The van der Waals surface area contributed by atoms with E-state index in [1.165, 1.54) is 18.2 Å². The predicted octanol–water partition coefficient (Wildman–Crippen LogP) is 4.59. The maximum atomic E-state index is 14.0. The first kappa shape index (κ1) is 22.9. The molecule has 2 aromatic carbocycles. The minimum Gasteiger partial charge on any atom is -0.464 e. The van der Waals surface area contributed by atoms with Crippen LogP contribution in [0.2, 0.25) is 0 Å². The van der Waals surface area contributed by atoms with E-state index >= 15 is 0 Å². The molecule has 33 heavy (non-hydrogen) atoms. The highest BCUT2D eigenvalue weighted by Gasteiger charge is 2.36. The SMILES string of the molecule is CC[C@H]1O[C@H](On2c(C(=O)OC)cc3c(C(F)(F)F)cc(-c4ccccc4)cc32)C=C[C@@H]1O. The zero-order chi connectivity index (χ0) is 23.8. The Morgan fingerprint density at radius 3 is 2.48 bits per heavy atom. The number of hydrogen-bond acceptors (Lipinski definition) is 5. The van der Waals surface area contributed by atoms with Crippen LogP contribution in [0.3, 0.4) is 0 Å². The van der Waals surface area contributed by atoms with Gasteiger partial charge < -0.3 is 19.4 Å². The van der Waals surface area contributed by atoms with Gasteiger partial charge in [-0.25, -0.2) is 4.79 Å². The summed E-state index contributed by atoms with van der Waals surface area (Å²) in [7, 11) is 1.13. The molecule has 1 aliphatic heterocycles. The molecule has 0 unspecified atom stereocenters. The van der Waals surface area contributed by atoms with Crippen molar-refractivity contribution >= 4 is 16.9 Å². The minimum atomic E-state index is -4.68. The molecule has 0 amide bonds. The van der Waals surface area contributed by atoms with Gasteiger partial charge in [-0.05, 0) is 41.8 Å². The van der Waals surface area contributed by atoms with Crippen molar-refractivity contribution in [3.8, 4) is 11.1 Å². The fraction of sp³-hybridized carbons (Fsp3) is 0.292. The molecule has 3 aromatic rings. The molecule has 6 nitrogen and oxygen atoms in total. The van der Waals surface area contributed by atoms with Crippen LogP contribution in [0.5, 0.6) is 0 Å². The molecule has 1 N–H and O–H groups in total. The smallest absolute Gasteiger partial charge is 0.417 e. The van der Waals surface area contributed by atoms with Crippen LogP contribution in [-0.4, -0.2) is 41.4 Å². The lowest BCUT2D eigenvalue weighted by atomic mass is 10.00. The quantitative estimate of drug-likeness (QED) is 0.445. The normalized spacial score (nSPS) is 20.7. The topological polar surface area (TPSA) is 69.9 Å². The molecule has 0 fully saturated rings. The molecule has 9 heteroatoms. The van der Waals surface area contributed by atoms with Crippen LogP contribution in [0, 0.1) is 0 Å². The number of alkyl halides is 3. The minimum absolute atomic E-state index is 0.0280. The van der Waals surface area contributed by atoms with Crippen LogP contribution >= 0.6 is 0 Å². The van der Waals surface area contributed by atoms with Gasteiger partial charge in [0.2, 0.25) is 6.29 Å². The van der Waals surface area contributed by atoms with E-state index in [-0.39, 0.29) is 16.6 Å². The second-order valence-electron chi connectivity index (χ2n) is 7.57. The molecule has 0 aliphatic carbocycles. The number of halogens is 3. The summed E-state index contributed by atoms with van der Waals surface area (Å²) in [6.45, 7) is 1.82. The summed E-state index contributed by atoms with van der Waals surface area (Å²) >= 11 is 0. The van der Waals surface area contributed by atoms with Crippen LogP contribution in [0.1, 0.15) is 29.4 Å². The Labute approximate surface area is 187 Å². The highest BCUT2D eigenvalue weighted by Crippen LogP contribution is 2.39. The number of benzene rings is 2. The number of rotatable bonds is 5. The monoisotopic (exact) mass is 461 g/mol. The van der Waals surface area contributed by atoms with Gasteiger partial charge in [0.05, 0.1) is 30.4 Å². The summed E-state index contributed by atoms with van der Waals surface area (Å²) in [5.41, 5.74) is -0.232. The second-order valence-corrected chi connectivity index (χ2v) is 7.57. The zero-order valence-corrected chi connectivity index (χ0v) is 17.9. The van der Waals surface area contributed by atoms with E-state index in [1.54, 1.807) is 30.3 Å². The van der Waals surface area contributed by atoms with Gasteiger partial charge in [-0.15, -0.1) is 0 Å². The number of aliphatic hydroxyl groups excluding tert-OH is 1. The summed E-state index contributed by atoms with van der Waals surface area (Å²) < 4.78 is 53.5. The van der Waals surface area contributed by atoms with E-state index in [0.29, 0.717) is 17.5 Å². The van der Waals surface area contributed by atoms with Gasteiger partial charge in [-0.2, -0.15) is 17.9 Å². The van der Waals surface area contributed by atoms with Gasteiger partial charge in [-0.1, -0.05) is 43.3 Å². The molecule has 1 aromatic heterocycles. The molecule has 0 saturated heterocycles. The number of aromatic nitrogens is 1. The van der Waals surface area contributed by atoms with Crippen LogP contribution in [0.25, 0.3) is 22.0 Å². The number of hydrogen-bond donors (Lipinski definition) is 1. The fourth-order valence-corrected chi connectivity index (χ4v) is 3.80. The number of carbonyl (C=O) groups excluding carboxylic acids is 1. The first-order chi connectivity index (χ1) is 15.7. The van der Waals surface area contributed by atoms with E-state index in [1.807, 2.05) is 6.92 Å². The summed E-state index contributed by atoms with van der Waals surface area (Å²) in [4.78, 5) is 18.3. The number of methoxy groups -OCH3 is 1. The molecule has 0 bridgehead atoms. The average molecular weight is 461 g/mol. The highest BCUT2D eigenvalue weighted by atomic mass is 19.4. The number of fused-ring (bicyclic) bond motifs is 1. The molecule has 0 radical (unpaired) electrons. The Morgan fingerprint density at radius 1 is 1.12 bits per heavy atom. The van der Waals surface area contributed by atoms with E-state index in [0.717, 1.165) is 24.0 Å². The third-order valence-electron chi connectivity index (χ3n) is 5.45. The maximum absolute atomic E-state index is 14.0. The first-order valence-corrected chi connectivity index (χ1v) is 10.3. The Morgan fingerprint density at radius 2 is 1.85 bits per heavy atom. The van der Waals surface area contributed by atoms with Crippen molar-refractivity contribution in [2.24, 2.45) is 0 Å². The second kappa shape index (κ2) is 8.92. The van der Waals surface area contributed by atoms with Gasteiger partial charge in [-0.3, -0.25) is 0 Å². The average Bonchev–Trinajstić information content (AvgIpc) is 3.17. The molecule has 4 rings (SSSR count). The lowest BCUT2D eigenvalue weighted by Crippen LogP contribution is -2.40. The largest absolute Gasteiger partial charge is 0.464 e. The lowest BCUT2D eigenvalue weighted by Gasteiger charge is -2.29. The van der Waals surface area contributed by atoms with Crippen molar-refractivity contribution in [2.75, 3.05) is 7.11 Å². The predicted molar refractivity (Wildman–Crippen MR) is 114 cm³/mol. The first-order valence-electron chi connectivity index (χ1n) is 10.3.